The molecule has 0 spiro atoms. The number of ether oxygens (including phenoxy) is 1. The van der Waals surface area contributed by atoms with Gasteiger partial charge in [0.2, 0.25) is 0 Å². The van der Waals surface area contributed by atoms with E-state index >= 15 is 0 Å². The Balaban J connectivity index is 2.26. The molecule has 1 aromatic rings. The van der Waals surface area contributed by atoms with Gasteiger partial charge in [0.25, 0.3) is 0 Å². The molecule has 1 aliphatic rings. The third-order valence-corrected chi connectivity index (χ3v) is 3.81. The molecule has 4 heteroatoms. The molecule has 17 heavy (non-hydrogen) atoms. The van der Waals surface area contributed by atoms with Crippen LogP contribution in [0.4, 0.5) is 4.39 Å². The van der Waals surface area contributed by atoms with Gasteiger partial charge in [0.05, 0.1) is 24.5 Å². The van der Waals surface area contributed by atoms with Gasteiger partial charge < -0.3 is 9.84 Å². The SMILES string of the molecule is CC1OC(C)C(C(O)c2ccncc2F)C1C. The van der Waals surface area contributed by atoms with E-state index in [1.807, 2.05) is 20.8 Å². The molecule has 2 rings (SSSR count). The summed E-state index contributed by atoms with van der Waals surface area (Å²) in [5, 5.41) is 10.3. The average molecular weight is 239 g/mol. The first-order valence-corrected chi connectivity index (χ1v) is 5.95. The van der Waals surface area contributed by atoms with Crippen LogP contribution in [0, 0.1) is 17.7 Å². The van der Waals surface area contributed by atoms with Crippen LogP contribution in [0.1, 0.15) is 32.4 Å². The summed E-state index contributed by atoms with van der Waals surface area (Å²) in [5.41, 5.74) is 0.307. The fraction of sp³-hybridized carbons (Fsp3) is 0.615. The first-order chi connectivity index (χ1) is 8.02. The molecule has 0 bridgehead atoms. The number of aliphatic hydroxyl groups is 1. The molecular weight excluding hydrogens is 221 g/mol. The van der Waals surface area contributed by atoms with Crippen molar-refractivity contribution in [2.24, 2.45) is 11.8 Å². The molecule has 0 saturated carbocycles. The summed E-state index contributed by atoms with van der Waals surface area (Å²) in [6, 6.07) is 1.53. The fourth-order valence-electron chi connectivity index (χ4n) is 2.67. The molecule has 5 unspecified atom stereocenters. The maximum atomic E-state index is 13.6. The van der Waals surface area contributed by atoms with E-state index in [4.69, 9.17) is 4.74 Å². The molecule has 1 fully saturated rings. The van der Waals surface area contributed by atoms with Crippen molar-refractivity contribution in [1.82, 2.24) is 4.98 Å². The van der Waals surface area contributed by atoms with Crippen LogP contribution in [-0.2, 0) is 4.74 Å². The third-order valence-electron chi connectivity index (χ3n) is 3.81. The van der Waals surface area contributed by atoms with Gasteiger partial charge in [0.1, 0.15) is 5.82 Å². The summed E-state index contributed by atoms with van der Waals surface area (Å²) < 4.78 is 19.3. The molecule has 1 N–H and O–H groups in total. The van der Waals surface area contributed by atoms with Crippen molar-refractivity contribution in [2.75, 3.05) is 0 Å². The predicted octanol–water partition coefficient (Wildman–Crippen LogP) is 2.31. The Morgan fingerprint density at radius 2 is 2.06 bits per heavy atom. The molecule has 5 atom stereocenters. The van der Waals surface area contributed by atoms with E-state index in [1.165, 1.54) is 12.3 Å². The lowest BCUT2D eigenvalue weighted by atomic mass is 9.82. The molecule has 0 amide bonds. The van der Waals surface area contributed by atoms with Crippen molar-refractivity contribution in [2.45, 2.75) is 39.1 Å². The number of hydrogen-bond acceptors (Lipinski definition) is 3. The Morgan fingerprint density at radius 3 is 2.59 bits per heavy atom. The highest BCUT2D eigenvalue weighted by Gasteiger charge is 2.42. The normalized spacial score (nSPS) is 34.9. The minimum absolute atomic E-state index is 0.0671. The Labute approximate surface area is 101 Å². The number of halogens is 1. The van der Waals surface area contributed by atoms with Crippen LogP contribution in [0.5, 0.6) is 0 Å². The molecule has 0 radical (unpaired) electrons. The van der Waals surface area contributed by atoms with Crippen LogP contribution in [0.3, 0.4) is 0 Å². The molecule has 94 valence electrons. The molecule has 0 aliphatic carbocycles. The van der Waals surface area contributed by atoms with Gasteiger partial charge in [-0.1, -0.05) is 6.92 Å². The van der Waals surface area contributed by atoms with Crippen LogP contribution in [-0.4, -0.2) is 22.3 Å². The van der Waals surface area contributed by atoms with Crippen LogP contribution in [0.25, 0.3) is 0 Å². The highest BCUT2D eigenvalue weighted by molar-refractivity contribution is 5.17. The van der Waals surface area contributed by atoms with Gasteiger partial charge >= 0.3 is 0 Å². The Hall–Kier alpha value is -1.00. The van der Waals surface area contributed by atoms with E-state index in [9.17, 15) is 9.50 Å². The molecule has 2 heterocycles. The summed E-state index contributed by atoms with van der Waals surface area (Å²) in [6.45, 7) is 5.94. The first kappa shape index (κ1) is 12.5. The zero-order valence-corrected chi connectivity index (χ0v) is 10.3. The van der Waals surface area contributed by atoms with Crippen LogP contribution >= 0.6 is 0 Å². The molecule has 1 aliphatic heterocycles. The van der Waals surface area contributed by atoms with E-state index in [0.717, 1.165) is 6.20 Å². The van der Waals surface area contributed by atoms with Crippen molar-refractivity contribution < 1.29 is 14.2 Å². The second kappa shape index (κ2) is 4.70. The minimum atomic E-state index is -0.840. The van der Waals surface area contributed by atoms with E-state index in [2.05, 4.69) is 4.98 Å². The minimum Gasteiger partial charge on any atom is -0.388 e. The zero-order chi connectivity index (χ0) is 12.6. The number of aliphatic hydroxyl groups excluding tert-OH is 1. The van der Waals surface area contributed by atoms with Crippen molar-refractivity contribution in [3.8, 4) is 0 Å². The molecule has 0 aromatic carbocycles. The van der Waals surface area contributed by atoms with Crippen molar-refractivity contribution >= 4 is 0 Å². The summed E-state index contributed by atoms with van der Waals surface area (Å²) in [7, 11) is 0. The second-order valence-corrected chi connectivity index (χ2v) is 4.82. The highest BCUT2D eigenvalue weighted by Crippen LogP contribution is 2.40. The first-order valence-electron chi connectivity index (χ1n) is 5.95. The van der Waals surface area contributed by atoms with E-state index in [1.54, 1.807) is 0 Å². The zero-order valence-electron chi connectivity index (χ0n) is 10.3. The lowest BCUT2D eigenvalue weighted by Gasteiger charge is -2.25. The number of hydrogen-bond donors (Lipinski definition) is 1. The van der Waals surface area contributed by atoms with Gasteiger partial charge in [0, 0.05) is 17.7 Å². The maximum absolute atomic E-state index is 13.6. The molecular formula is C13H18FNO2. The van der Waals surface area contributed by atoms with Gasteiger partial charge in [-0.3, -0.25) is 4.98 Å². The summed E-state index contributed by atoms with van der Waals surface area (Å²) >= 11 is 0. The predicted molar refractivity (Wildman–Crippen MR) is 61.8 cm³/mol. The van der Waals surface area contributed by atoms with Gasteiger partial charge in [-0.05, 0) is 25.8 Å². The topological polar surface area (TPSA) is 42.4 Å². The lowest BCUT2D eigenvalue weighted by Crippen LogP contribution is -2.25. The number of nitrogens with zero attached hydrogens (tertiary/aromatic N) is 1. The maximum Gasteiger partial charge on any atom is 0.147 e. The Kier molecular flexibility index (Phi) is 3.45. The fourth-order valence-corrected chi connectivity index (χ4v) is 2.67. The lowest BCUT2D eigenvalue weighted by molar-refractivity contribution is 0.0220. The summed E-state index contributed by atoms with van der Waals surface area (Å²) in [6.07, 6.45) is 1.81. The van der Waals surface area contributed by atoms with E-state index in [-0.39, 0.29) is 24.0 Å². The van der Waals surface area contributed by atoms with Gasteiger partial charge in [-0.25, -0.2) is 4.39 Å². The molecule has 3 nitrogen and oxygen atoms in total. The van der Waals surface area contributed by atoms with Crippen LogP contribution in [0.15, 0.2) is 18.5 Å². The molecule has 1 aromatic heterocycles. The van der Waals surface area contributed by atoms with Gasteiger partial charge in [-0.2, -0.15) is 0 Å². The Bertz CT molecular complexity index is 399. The highest BCUT2D eigenvalue weighted by atomic mass is 19.1. The van der Waals surface area contributed by atoms with Gasteiger partial charge in [-0.15, -0.1) is 0 Å². The Morgan fingerprint density at radius 1 is 1.35 bits per heavy atom. The number of rotatable bonds is 2. The summed E-state index contributed by atoms with van der Waals surface area (Å²) in [4.78, 5) is 3.69. The quantitative estimate of drug-likeness (QED) is 0.861. The van der Waals surface area contributed by atoms with E-state index < -0.39 is 11.9 Å². The largest absolute Gasteiger partial charge is 0.388 e. The van der Waals surface area contributed by atoms with Crippen LogP contribution in [0.2, 0.25) is 0 Å². The standard InChI is InChI=1S/C13H18FNO2/c1-7-8(2)17-9(3)12(7)13(16)10-4-5-15-6-11(10)14/h4-9,12-13,16H,1-3H3. The van der Waals surface area contributed by atoms with Crippen molar-refractivity contribution in [3.63, 3.8) is 0 Å². The monoisotopic (exact) mass is 239 g/mol. The van der Waals surface area contributed by atoms with E-state index in [0.29, 0.717) is 5.56 Å². The smallest absolute Gasteiger partial charge is 0.147 e. The van der Waals surface area contributed by atoms with Crippen LogP contribution < -0.4 is 0 Å². The second-order valence-electron chi connectivity index (χ2n) is 4.82. The van der Waals surface area contributed by atoms with Gasteiger partial charge in [0.15, 0.2) is 0 Å². The van der Waals surface area contributed by atoms with Crippen molar-refractivity contribution in [3.05, 3.63) is 29.8 Å². The number of pyridine rings is 1. The summed E-state index contributed by atoms with van der Waals surface area (Å²) in [5.74, 6) is -0.339. The average Bonchev–Trinajstić information content (AvgIpc) is 2.53. The number of aromatic nitrogens is 1. The third kappa shape index (κ3) is 2.19. The van der Waals surface area contributed by atoms with Crippen molar-refractivity contribution in [1.29, 1.82) is 0 Å². The molecule has 1 saturated heterocycles.